The average molecular weight is 293 g/mol. The number of hydrogen-bond acceptors (Lipinski definition) is 2. The molecule has 0 aliphatic heterocycles. The van der Waals surface area contributed by atoms with Crippen LogP contribution < -0.4 is 5.32 Å². The van der Waals surface area contributed by atoms with Gasteiger partial charge in [0.15, 0.2) is 0 Å². The second kappa shape index (κ2) is 7.02. The minimum Gasteiger partial charge on any atom is -0.481 e. The van der Waals surface area contributed by atoms with Crippen LogP contribution in [-0.2, 0) is 9.59 Å². The van der Waals surface area contributed by atoms with Gasteiger partial charge in [-0.3, -0.25) is 9.59 Å². The van der Waals surface area contributed by atoms with Crippen LogP contribution in [0.3, 0.4) is 0 Å². The molecular weight excluding hydrogens is 273 g/mol. The van der Waals surface area contributed by atoms with Gasteiger partial charge in [0.2, 0.25) is 5.91 Å². The maximum atomic E-state index is 12.8. The fraction of sp³-hybridized carbons (Fsp3) is 0.375. The first-order valence-corrected chi connectivity index (χ1v) is 6.64. The predicted molar refractivity (Wildman–Crippen MR) is 79.1 cm³/mol. The summed E-state index contributed by atoms with van der Waals surface area (Å²) in [6.45, 7) is 5.60. The summed E-state index contributed by atoms with van der Waals surface area (Å²) in [7, 11) is 0. The van der Waals surface area contributed by atoms with Gasteiger partial charge >= 0.3 is 5.97 Å². The van der Waals surface area contributed by atoms with Gasteiger partial charge in [0.1, 0.15) is 5.82 Å². The molecule has 5 heteroatoms. The number of rotatable bonds is 5. The van der Waals surface area contributed by atoms with Gasteiger partial charge in [0.05, 0.1) is 6.42 Å². The van der Waals surface area contributed by atoms with Crippen LogP contribution in [0.1, 0.15) is 32.8 Å². The molecule has 2 N–H and O–H groups in total. The summed E-state index contributed by atoms with van der Waals surface area (Å²) < 4.78 is 12.8. The second-order valence-corrected chi connectivity index (χ2v) is 5.91. The van der Waals surface area contributed by atoms with E-state index in [4.69, 9.17) is 5.11 Å². The van der Waals surface area contributed by atoms with Crippen LogP contribution in [-0.4, -0.2) is 23.0 Å². The number of hydrogen-bond donors (Lipinski definition) is 2. The van der Waals surface area contributed by atoms with Crippen molar-refractivity contribution in [3.63, 3.8) is 0 Å². The molecule has 0 aliphatic rings. The molecule has 0 aromatic heterocycles. The van der Waals surface area contributed by atoms with Gasteiger partial charge in [-0.15, -0.1) is 0 Å². The number of aliphatic carboxylic acids is 1. The van der Waals surface area contributed by atoms with Crippen molar-refractivity contribution < 1.29 is 19.1 Å². The van der Waals surface area contributed by atoms with Gasteiger partial charge in [-0.05, 0) is 29.2 Å². The lowest BCUT2D eigenvalue weighted by atomic mass is 9.84. The maximum Gasteiger partial charge on any atom is 0.305 e. The lowest BCUT2D eigenvalue weighted by molar-refractivity contribution is -0.138. The summed E-state index contributed by atoms with van der Waals surface area (Å²) in [6.07, 6.45) is 2.72. The molecule has 1 aromatic rings. The van der Waals surface area contributed by atoms with Crippen LogP contribution in [0, 0.1) is 11.2 Å². The highest BCUT2D eigenvalue weighted by Crippen LogP contribution is 2.21. The summed E-state index contributed by atoms with van der Waals surface area (Å²) in [5, 5.41) is 11.6. The van der Waals surface area contributed by atoms with Gasteiger partial charge in [0, 0.05) is 12.1 Å². The fourth-order valence-corrected chi connectivity index (χ4v) is 1.71. The average Bonchev–Trinajstić information content (AvgIpc) is 2.36. The standard InChI is InChI=1S/C16H20FNO3/c1-16(2,3)13(10-15(20)21)18-14(19)9-6-11-4-7-12(17)8-5-11/h4-9,13H,10H2,1-3H3,(H,18,19)(H,20,21)/b9-6+. The van der Waals surface area contributed by atoms with E-state index in [0.717, 1.165) is 0 Å². The number of carboxylic acid groups (broad SMARTS) is 1. The van der Waals surface area contributed by atoms with Gasteiger partial charge in [-0.2, -0.15) is 0 Å². The zero-order valence-corrected chi connectivity index (χ0v) is 12.4. The molecule has 1 atom stereocenters. The Hall–Kier alpha value is -2.17. The Kier molecular flexibility index (Phi) is 5.64. The molecule has 1 unspecified atom stereocenters. The SMILES string of the molecule is CC(C)(C)C(CC(=O)O)NC(=O)/C=C/c1ccc(F)cc1. The van der Waals surface area contributed by atoms with Gasteiger partial charge < -0.3 is 10.4 Å². The Balaban J connectivity index is 2.69. The number of nitrogens with one attached hydrogen (secondary N) is 1. The highest BCUT2D eigenvalue weighted by atomic mass is 19.1. The monoisotopic (exact) mass is 293 g/mol. The Morgan fingerprint density at radius 3 is 2.33 bits per heavy atom. The lowest BCUT2D eigenvalue weighted by Crippen LogP contribution is -2.44. The molecule has 21 heavy (non-hydrogen) atoms. The summed E-state index contributed by atoms with van der Waals surface area (Å²) >= 11 is 0. The summed E-state index contributed by atoms with van der Waals surface area (Å²) in [4.78, 5) is 22.7. The predicted octanol–water partition coefficient (Wildman–Crippen LogP) is 2.84. The molecule has 0 saturated carbocycles. The quantitative estimate of drug-likeness (QED) is 0.820. The number of carbonyl (C=O) groups is 2. The summed E-state index contributed by atoms with van der Waals surface area (Å²) in [5.41, 5.74) is 0.328. The number of carboxylic acids is 1. The van der Waals surface area contributed by atoms with Crippen LogP contribution in [0.2, 0.25) is 0 Å². The topological polar surface area (TPSA) is 66.4 Å². The normalized spacial score (nSPS) is 13.1. The third kappa shape index (κ3) is 6.21. The smallest absolute Gasteiger partial charge is 0.305 e. The molecule has 0 saturated heterocycles. The zero-order chi connectivity index (χ0) is 16.0. The van der Waals surface area contributed by atoms with Crippen LogP contribution in [0.5, 0.6) is 0 Å². The zero-order valence-electron chi connectivity index (χ0n) is 12.4. The van der Waals surface area contributed by atoms with E-state index in [2.05, 4.69) is 5.32 Å². The largest absolute Gasteiger partial charge is 0.481 e. The Bertz CT molecular complexity index is 529. The van der Waals surface area contributed by atoms with Crippen LogP contribution in [0.25, 0.3) is 6.08 Å². The molecule has 0 heterocycles. The van der Waals surface area contributed by atoms with E-state index in [-0.39, 0.29) is 23.6 Å². The van der Waals surface area contributed by atoms with E-state index >= 15 is 0 Å². The molecule has 1 aromatic carbocycles. The van der Waals surface area contributed by atoms with E-state index in [1.807, 2.05) is 20.8 Å². The highest BCUT2D eigenvalue weighted by Gasteiger charge is 2.27. The molecule has 114 valence electrons. The Labute approximate surface area is 123 Å². The molecule has 1 rings (SSSR count). The number of carbonyl (C=O) groups excluding carboxylic acids is 1. The first kappa shape index (κ1) is 16.9. The van der Waals surface area contributed by atoms with E-state index < -0.39 is 12.0 Å². The van der Waals surface area contributed by atoms with Crippen molar-refractivity contribution in [1.29, 1.82) is 0 Å². The fourth-order valence-electron chi connectivity index (χ4n) is 1.71. The van der Waals surface area contributed by atoms with Crippen molar-refractivity contribution in [2.24, 2.45) is 5.41 Å². The maximum absolute atomic E-state index is 12.8. The lowest BCUT2D eigenvalue weighted by Gasteiger charge is -2.29. The van der Waals surface area contributed by atoms with Crippen molar-refractivity contribution in [2.45, 2.75) is 33.2 Å². The third-order valence-corrected chi connectivity index (χ3v) is 3.04. The van der Waals surface area contributed by atoms with Gasteiger partial charge in [0.25, 0.3) is 0 Å². The molecule has 1 amide bonds. The number of halogens is 1. The minimum absolute atomic E-state index is 0.139. The Morgan fingerprint density at radius 2 is 1.86 bits per heavy atom. The van der Waals surface area contributed by atoms with E-state index in [0.29, 0.717) is 5.56 Å². The van der Waals surface area contributed by atoms with Crippen molar-refractivity contribution in [2.75, 3.05) is 0 Å². The second-order valence-electron chi connectivity index (χ2n) is 5.91. The first-order valence-electron chi connectivity index (χ1n) is 6.64. The van der Waals surface area contributed by atoms with Crippen molar-refractivity contribution in [3.05, 3.63) is 41.7 Å². The van der Waals surface area contributed by atoms with Gasteiger partial charge in [-0.25, -0.2) is 4.39 Å². The molecular formula is C16H20FNO3. The van der Waals surface area contributed by atoms with Crippen LogP contribution in [0.15, 0.2) is 30.3 Å². The van der Waals surface area contributed by atoms with Crippen LogP contribution in [0.4, 0.5) is 4.39 Å². The molecule has 0 aliphatic carbocycles. The van der Waals surface area contributed by atoms with E-state index in [9.17, 15) is 14.0 Å². The van der Waals surface area contributed by atoms with E-state index in [1.54, 1.807) is 18.2 Å². The van der Waals surface area contributed by atoms with Crippen molar-refractivity contribution in [1.82, 2.24) is 5.32 Å². The molecule has 0 radical (unpaired) electrons. The molecule has 4 nitrogen and oxygen atoms in total. The minimum atomic E-state index is -0.960. The van der Waals surface area contributed by atoms with E-state index in [1.165, 1.54) is 18.2 Å². The summed E-state index contributed by atoms with van der Waals surface area (Å²) in [5.74, 6) is -1.68. The van der Waals surface area contributed by atoms with Crippen molar-refractivity contribution in [3.8, 4) is 0 Å². The van der Waals surface area contributed by atoms with Gasteiger partial charge in [-0.1, -0.05) is 32.9 Å². The molecule has 0 bridgehead atoms. The highest BCUT2D eigenvalue weighted by molar-refractivity contribution is 5.92. The van der Waals surface area contributed by atoms with Crippen LogP contribution >= 0.6 is 0 Å². The number of amides is 1. The molecule has 0 spiro atoms. The first-order chi connectivity index (χ1) is 9.68. The van der Waals surface area contributed by atoms with Crippen molar-refractivity contribution >= 4 is 18.0 Å². The third-order valence-electron chi connectivity index (χ3n) is 3.04. The Morgan fingerprint density at radius 1 is 1.29 bits per heavy atom. The molecule has 0 fully saturated rings. The number of benzene rings is 1. The summed E-state index contributed by atoms with van der Waals surface area (Å²) in [6, 6.07) is 5.25.